The van der Waals surface area contributed by atoms with E-state index in [2.05, 4.69) is 15.7 Å². The number of nitrogens with one attached hydrogen (secondary N) is 2. The Kier molecular flexibility index (Phi) is 6.43. The summed E-state index contributed by atoms with van der Waals surface area (Å²) in [5.74, 6) is 0.774. The predicted molar refractivity (Wildman–Crippen MR) is 92.0 cm³/mol. The summed E-state index contributed by atoms with van der Waals surface area (Å²) in [7, 11) is 1.94. The second-order valence-corrected chi connectivity index (χ2v) is 5.58. The van der Waals surface area contributed by atoms with Crippen LogP contribution < -0.4 is 15.4 Å². The van der Waals surface area contributed by atoms with Crippen molar-refractivity contribution in [2.75, 3.05) is 31.6 Å². The van der Waals surface area contributed by atoms with Gasteiger partial charge in [-0.15, -0.1) is 0 Å². The number of hydrogen-bond donors (Lipinski definition) is 3. The summed E-state index contributed by atoms with van der Waals surface area (Å²) in [6.07, 6.45) is -0.530. The maximum atomic E-state index is 9.90. The highest BCUT2D eigenvalue weighted by atomic mass is 16.5. The quantitative estimate of drug-likeness (QED) is 0.611. The minimum absolute atomic E-state index is 0.283. The van der Waals surface area contributed by atoms with Crippen LogP contribution in [0.15, 0.2) is 30.3 Å². The van der Waals surface area contributed by atoms with Crippen molar-refractivity contribution in [1.29, 1.82) is 0 Å². The summed E-state index contributed by atoms with van der Waals surface area (Å²) in [5, 5.41) is 20.9. The molecule has 1 heterocycles. The first-order chi connectivity index (χ1) is 11.1. The molecule has 6 nitrogen and oxygen atoms in total. The Morgan fingerprint density at radius 1 is 1.22 bits per heavy atom. The molecule has 0 saturated carbocycles. The molecular weight excluding hydrogens is 292 g/mol. The number of hydrogen-bond acceptors (Lipinski definition) is 5. The Labute approximate surface area is 137 Å². The van der Waals surface area contributed by atoms with Crippen molar-refractivity contribution in [3.05, 3.63) is 41.7 Å². The van der Waals surface area contributed by atoms with Crippen LogP contribution in [0.4, 0.5) is 5.69 Å². The first kappa shape index (κ1) is 17.3. The van der Waals surface area contributed by atoms with Crippen molar-refractivity contribution >= 4 is 5.69 Å². The van der Waals surface area contributed by atoms with Crippen molar-refractivity contribution in [2.24, 2.45) is 7.05 Å². The number of para-hydroxylation sites is 1. The number of benzene rings is 1. The van der Waals surface area contributed by atoms with Gasteiger partial charge in [-0.2, -0.15) is 5.10 Å². The molecule has 1 aromatic heterocycles. The van der Waals surface area contributed by atoms with Crippen LogP contribution in [0.3, 0.4) is 0 Å². The fourth-order valence-corrected chi connectivity index (χ4v) is 2.34. The van der Waals surface area contributed by atoms with E-state index in [9.17, 15) is 5.11 Å². The zero-order chi connectivity index (χ0) is 16.7. The van der Waals surface area contributed by atoms with Crippen LogP contribution in [-0.4, -0.2) is 47.2 Å². The summed E-state index contributed by atoms with van der Waals surface area (Å²) in [4.78, 5) is 0. The summed E-state index contributed by atoms with van der Waals surface area (Å²) in [6.45, 7) is 6.36. The highest BCUT2D eigenvalue weighted by Crippen LogP contribution is 2.17. The van der Waals surface area contributed by atoms with Crippen LogP contribution in [0.2, 0.25) is 0 Å². The van der Waals surface area contributed by atoms with E-state index in [-0.39, 0.29) is 6.61 Å². The number of ether oxygens (including phenoxy) is 1. The Hall–Kier alpha value is -2.05. The van der Waals surface area contributed by atoms with Crippen molar-refractivity contribution < 1.29 is 9.84 Å². The fraction of sp³-hybridized carbons (Fsp3) is 0.471. The molecule has 2 rings (SSSR count). The normalized spacial score (nSPS) is 12.2. The Morgan fingerprint density at radius 3 is 2.61 bits per heavy atom. The van der Waals surface area contributed by atoms with Gasteiger partial charge in [0.1, 0.15) is 18.5 Å². The lowest BCUT2D eigenvalue weighted by Gasteiger charge is -2.14. The van der Waals surface area contributed by atoms with Crippen LogP contribution in [0.1, 0.15) is 11.4 Å². The molecule has 0 spiro atoms. The summed E-state index contributed by atoms with van der Waals surface area (Å²) in [5.41, 5.74) is 3.21. The minimum atomic E-state index is -0.530. The molecule has 126 valence electrons. The molecule has 0 fully saturated rings. The highest BCUT2D eigenvalue weighted by Gasteiger charge is 2.08. The molecule has 3 N–H and O–H groups in total. The topological polar surface area (TPSA) is 71.3 Å². The highest BCUT2D eigenvalue weighted by molar-refractivity contribution is 5.51. The lowest BCUT2D eigenvalue weighted by Crippen LogP contribution is -2.34. The van der Waals surface area contributed by atoms with E-state index >= 15 is 0 Å². The molecule has 2 aromatic rings. The van der Waals surface area contributed by atoms with Crippen LogP contribution >= 0.6 is 0 Å². The van der Waals surface area contributed by atoms with E-state index in [1.807, 2.05) is 55.9 Å². The second kappa shape index (κ2) is 8.55. The molecule has 0 amide bonds. The molecule has 23 heavy (non-hydrogen) atoms. The first-order valence-electron chi connectivity index (χ1n) is 7.88. The number of nitrogens with zero attached hydrogens (tertiary/aromatic N) is 2. The van der Waals surface area contributed by atoms with E-state index in [0.717, 1.165) is 35.9 Å². The summed E-state index contributed by atoms with van der Waals surface area (Å²) in [6, 6.07) is 9.51. The molecule has 1 unspecified atom stereocenters. The lowest BCUT2D eigenvalue weighted by atomic mass is 10.3. The zero-order valence-electron chi connectivity index (χ0n) is 14.0. The van der Waals surface area contributed by atoms with Gasteiger partial charge in [0.2, 0.25) is 0 Å². The Morgan fingerprint density at radius 2 is 1.96 bits per heavy atom. The van der Waals surface area contributed by atoms with Crippen LogP contribution in [0.5, 0.6) is 5.75 Å². The molecular formula is C17H26N4O2. The summed E-state index contributed by atoms with van der Waals surface area (Å²) >= 11 is 0. The van der Waals surface area contributed by atoms with E-state index in [4.69, 9.17) is 4.74 Å². The molecule has 1 atom stereocenters. The third kappa shape index (κ3) is 5.26. The monoisotopic (exact) mass is 318 g/mol. The van der Waals surface area contributed by atoms with Gasteiger partial charge in [-0.1, -0.05) is 18.2 Å². The van der Waals surface area contributed by atoms with Gasteiger partial charge in [0.05, 0.1) is 17.1 Å². The van der Waals surface area contributed by atoms with E-state index < -0.39 is 6.10 Å². The molecule has 0 radical (unpaired) electrons. The molecule has 0 aliphatic rings. The molecule has 0 aliphatic heterocycles. The van der Waals surface area contributed by atoms with Crippen molar-refractivity contribution in [2.45, 2.75) is 20.0 Å². The molecule has 6 heteroatoms. The Balaban J connectivity index is 1.60. The van der Waals surface area contributed by atoms with Gasteiger partial charge in [-0.05, 0) is 26.0 Å². The van der Waals surface area contributed by atoms with Crippen molar-refractivity contribution in [3.8, 4) is 5.75 Å². The number of aryl methyl sites for hydroxylation is 2. The number of anilines is 1. The minimum Gasteiger partial charge on any atom is -0.491 e. The first-order valence-corrected chi connectivity index (χ1v) is 7.88. The van der Waals surface area contributed by atoms with Gasteiger partial charge < -0.3 is 20.5 Å². The van der Waals surface area contributed by atoms with Crippen LogP contribution in [-0.2, 0) is 7.05 Å². The van der Waals surface area contributed by atoms with E-state index in [0.29, 0.717) is 6.54 Å². The number of aromatic nitrogens is 2. The lowest BCUT2D eigenvalue weighted by molar-refractivity contribution is 0.107. The van der Waals surface area contributed by atoms with Gasteiger partial charge >= 0.3 is 0 Å². The maximum Gasteiger partial charge on any atom is 0.119 e. The third-order valence-electron chi connectivity index (χ3n) is 3.68. The van der Waals surface area contributed by atoms with Gasteiger partial charge in [0, 0.05) is 26.7 Å². The largest absolute Gasteiger partial charge is 0.491 e. The zero-order valence-corrected chi connectivity index (χ0v) is 14.0. The molecule has 0 saturated heterocycles. The summed E-state index contributed by atoms with van der Waals surface area (Å²) < 4.78 is 7.38. The molecule has 0 bridgehead atoms. The fourth-order valence-electron chi connectivity index (χ4n) is 2.34. The number of aliphatic hydroxyl groups is 1. The number of rotatable bonds is 9. The predicted octanol–water partition coefficient (Wildman–Crippen LogP) is 1.48. The van der Waals surface area contributed by atoms with Crippen LogP contribution in [0.25, 0.3) is 0 Å². The standard InChI is InChI=1S/C17H26N4O2/c1-13-17(14(2)21(3)20-13)19-10-9-18-11-15(22)12-23-16-7-5-4-6-8-16/h4-8,15,18-19,22H,9-12H2,1-3H3. The van der Waals surface area contributed by atoms with Gasteiger partial charge in [0.15, 0.2) is 0 Å². The van der Waals surface area contributed by atoms with Gasteiger partial charge in [-0.3, -0.25) is 4.68 Å². The smallest absolute Gasteiger partial charge is 0.119 e. The third-order valence-corrected chi connectivity index (χ3v) is 3.68. The SMILES string of the molecule is Cc1nn(C)c(C)c1NCCNCC(O)COc1ccccc1. The number of aliphatic hydroxyl groups excluding tert-OH is 1. The second-order valence-electron chi connectivity index (χ2n) is 5.58. The van der Waals surface area contributed by atoms with Gasteiger partial charge in [-0.25, -0.2) is 0 Å². The van der Waals surface area contributed by atoms with E-state index in [1.54, 1.807) is 0 Å². The van der Waals surface area contributed by atoms with Crippen molar-refractivity contribution in [3.63, 3.8) is 0 Å². The van der Waals surface area contributed by atoms with Gasteiger partial charge in [0.25, 0.3) is 0 Å². The maximum absolute atomic E-state index is 9.90. The molecule has 1 aromatic carbocycles. The average molecular weight is 318 g/mol. The molecule has 0 aliphatic carbocycles. The van der Waals surface area contributed by atoms with Crippen molar-refractivity contribution in [1.82, 2.24) is 15.1 Å². The average Bonchev–Trinajstić information content (AvgIpc) is 2.79. The Bertz CT molecular complexity index is 598. The van der Waals surface area contributed by atoms with E-state index in [1.165, 1.54) is 0 Å². The van der Waals surface area contributed by atoms with Crippen LogP contribution in [0, 0.1) is 13.8 Å².